The highest BCUT2D eigenvalue weighted by molar-refractivity contribution is 7.92. The van der Waals surface area contributed by atoms with Gasteiger partial charge in [0.1, 0.15) is 17.6 Å². The number of aromatic amines is 1. The largest absolute Gasteiger partial charge is 0.486 e. The van der Waals surface area contributed by atoms with Crippen LogP contribution >= 0.6 is 0 Å². The number of aromatic nitrogens is 2. The first-order chi connectivity index (χ1) is 17.0. The second-order valence-corrected chi connectivity index (χ2v) is 11.0. The van der Waals surface area contributed by atoms with Crippen molar-refractivity contribution in [1.29, 1.82) is 0 Å². The number of alkyl halides is 3. The quantitative estimate of drug-likeness (QED) is 0.478. The van der Waals surface area contributed by atoms with Crippen LogP contribution < -0.4 is 14.6 Å². The summed E-state index contributed by atoms with van der Waals surface area (Å²) in [6, 6.07) is 4.08. The molecule has 1 aromatic carbocycles. The summed E-state index contributed by atoms with van der Waals surface area (Å²) in [6.07, 6.45) is -4.54. The molecular formula is C23H28F3N3O7S. The van der Waals surface area contributed by atoms with Gasteiger partial charge in [-0.25, -0.2) is 8.42 Å². The number of anilines is 1. The Morgan fingerprint density at radius 1 is 1.24 bits per heavy atom. The van der Waals surface area contributed by atoms with E-state index in [0.717, 1.165) is 24.3 Å². The number of benzene rings is 1. The predicted molar refractivity (Wildman–Crippen MR) is 126 cm³/mol. The summed E-state index contributed by atoms with van der Waals surface area (Å²) in [4.78, 5) is 35.6. The topological polar surface area (TPSA) is 128 Å². The van der Waals surface area contributed by atoms with Crippen LogP contribution in [0.25, 0.3) is 0 Å². The van der Waals surface area contributed by atoms with Gasteiger partial charge in [0.2, 0.25) is 5.60 Å². The van der Waals surface area contributed by atoms with Crippen molar-refractivity contribution in [2.45, 2.75) is 76.3 Å². The minimum Gasteiger partial charge on any atom is -0.486 e. The number of nitrogens with one attached hydrogen (secondary N) is 1. The molecule has 204 valence electrons. The molecule has 0 aliphatic carbocycles. The Labute approximate surface area is 211 Å². The number of halogens is 3. The lowest BCUT2D eigenvalue weighted by molar-refractivity contribution is -0.257. The van der Waals surface area contributed by atoms with Crippen molar-refractivity contribution in [3.05, 3.63) is 40.3 Å². The number of sulfonamides is 1. The third-order valence-electron chi connectivity index (χ3n) is 5.82. The number of rotatable bonds is 9. The molecule has 1 aromatic heterocycles. The van der Waals surface area contributed by atoms with Gasteiger partial charge in [-0.1, -0.05) is 6.07 Å². The van der Waals surface area contributed by atoms with E-state index in [4.69, 9.17) is 4.74 Å². The van der Waals surface area contributed by atoms with Gasteiger partial charge in [-0.2, -0.15) is 13.2 Å². The molecule has 1 aliphatic rings. The van der Waals surface area contributed by atoms with Crippen LogP contribution in [0.15, 0.2) is 34.1 Å². The summed E-state index contributed by atoms with van der Waals surface area (Å²) in [5.74, 6) is -1.16. The number of ether oxygens (including phenoxy) is 2. The summed E-state index contributed by atoms with van der Waals surface area (Å²) in [5.41, 5.74) is -3.37. The van der Waals surface area contributed by atoms with Gasteiger partial charge >= 0.3 is 12.1 Å². The molecule has 1 aliphatic heterocycles. The molecule has 3 rings (SSSR count). The summed E-state index contributed by atoms with van der Waals surface area (Å²) < 4.78 is 79.2. The minimum atomic E-state index is -4.78. The Balaban J connectivity index is 1.98. The van der Waals surface area contributed by atoms with Gasteiger partial charge in [-0.3, -0.25) is 23.7 Å². The van der Waals surface area contributed by atoms with E-state index in [1.807, 2.05) is 0 Å². The van der Waals surface area contributed by atoms with Crippen molar-refractivity contribution in [1.82, 2.24) is 9.78 Å². The average Bonchev–Trinajstić information content (AvgIpc) is 3.17. The second kappa shape index (κ2) is 10.2. The van der Waals surface area contributed by atoms with Crippen molar-refractivity contribution in [2.24, 2.45) is 0 Å². The zero-order chi connectivity index (χ0) is 27.8. The van der Waals surface area contributed by atoms with Crippen LogP contribution in [0.2, 0.25) is 0 Å². The summed E-state index contributed by atoms with van der Waals surface area (Å²) in [5, 5.41) is 2.41. The van der Waals surface area contributed by atoms with E-state index in [9.17, 15) is 36.0 Å². The number of fused-ring (bicyclic) bond motifs is 1. The summed E-state index contributed by atoms with van der Waals surface area (Å²) >= 11 is 0. The number of nitrogens with zero attached hydrogens (tertiary/aromatic N) is 2. The second-order valence-electron chi connectivity index (χ2n) is 9.20. The standard InChI is InChI=1S/C23H28F3N3O7S/c1-5-28-13-19(21(32)27-28)37(33,34)29-12-16(8-6-14(2)30)35-18-9-7-15(10-17(18)29)11-20(31)36-22(3,4)23(24,25)26/h7,9-10,13,16H,5-6,8,11-12H2,1-4H3,(H,27,32)/t16-/m0/s1. The fourth-order valence-corrected chi connectivity index (χ4v) is 5.19. The maximum absolute atomic E-state index is 13.6. The van der Waals surface area contributed by atoms with Crippen LogP contribution in [-0.4, -0.2) is 54.4 Å². The molecule has 1 atom stereocenters. The lowest BCUT2D eigenvalue weighted by atomic mass is 10.1. The fourth-order valence-electron chi connectivity index (χ4n) is 3.65. The molecule has 0 bridgehead atoms. The van der Waals surface area contributed by atoms with Crippen molar-refractivity contribution in [3.63, 3.8) is 0 Å². The van der Waals surface area contributed by atoms with Crippen LogP contribution in [0.4, 0.5) is 18.9 Å². The van der Waals surface area contributed by atoms with Crippen molar-refractivity contribution in [2.75, 3.05) is 10.8 Å². The number of carbonyl (C=O) groups is 2. The average molecular weight is 548 g/mol. The van der Waals surface area contributed by atoms with E-state index in [1.165, 1.54) is 29.8 Å². The first kappa shape index (κ1) is 28.3. The number of aryl methyl sites for hydroxylation is 1. The van der Waals surface area contributed by atoms with Crippen molar-refractivity contribution < 1.29 is 40.7 Å². The first-order valence-electron chi connectivity index (χ1n) is 11.4. The third-order valence-corrected chi connectivity index (χ3v) is 7.60. The molecule has 14 heteroatoms. The Morgan fingerprint density at radius 2 is 1.92 bits per heavy atom. The van der Waals surface area contributed by atoms with Gasteiger partial charge in [0.25, 0.3) is 15.6 Å². The highest BCUT2D eigenvalue weighted by atomic mass is 32.2. The number of H-pyrrole nitrogens is 1. The van der Waals surface area contributed by atoms with E-state index in [-0.39, 0.29) is 42.2 Å². The number of hydrogen-bond donors (Lipinski definition) is 1. The van der Waals surface area contributed by atoms with Gasteiger partial charge < -0.3 is 14.3 Å². The monoisotopic (exact) mass is 547 g/mol. The Kier molecular flexibility index (Phi) is 7.82. The minimum absolute atomic E-state index is 0.00288. The molecule has 1 N–H and O–H groups in total. The molecular weight excluding hydrogens is 519 g/mol. The Hall–Kier alpha value is -3.29. The molecule has 2 aromatic rings. The highest BCUT2D eigenvalue weighted by Crippen LogP contribution is 2.39. The number of Topliss-reactive ketones (excluding diaryl/α,β-unsaturated/α-hetero) is 1. The van der Waals surface area contributed by atoms with Gasteiger partial charge in [0, 0.05) is 19.2 Å². The van der Waals surface area contributed by atoms with E-state index < -0.39 is 50.7 Å². The maximum atomic E-state index is 13.6. The van der Waals surface area contributed by atoms with E-state index in [0.29, 0.717) is 6.54 Å². The highest BCUT2D eigenvalue weighted by Gasteiger charge is 2.50. The summed E-state index contributed by atoms with van der Waals surface area (Å²) in [6.45, 7) is 4.63. The van der Waals surface area contributed by atoms with Gasteiger partial charge in [0.05, 0.1) is 18.7 Å². The zero-order valence-electron chi connectivity index (χ0n) is 20.7. The molecule has 0 spiro atoms. The number of ketones is 1. The smallest absolute Gasteiger partial charge is 0.427 e. The zero-order valence-corrected chi connectivity index (χ0v) is 21.5. The normalized spacial score (nSPS) is 16.2. The fraction of sp³-hybridized carbons (Fsp3) is 0.522. The predicted octanol–water partition coefficient (Wildman–Crippen LogP) is 2.95. The molecule has 0 unspecified atom stereocenters. The molecule has 10 nitrogen and oxygen atoms in total. The third kappa shape index (κ3) is 6.17. The first-order valence-corrected chi connectivity index (χ1v) is 12.9. The maximum Gasteiger partial charge on any atom is 0.427 e. The van der Waals surface area contributed by atoms with Gasteiger partial charge in [-0.15, -0.1) is 0 Å². The van der Waals surface area contributed by atoms with Crippen LogP contribution in [0.3, 0.4) is 0 Å². The van der Waals surface area contributed by atoms with Crippen molar-refractivity contribution in [3.8, 4) is 5.75 Å². The number of hydrogen-bond acceptors (Lipinski definition) is 7. The summed E-state index contributed by atoms with van der Waals surface area (Å²) in [7, 11) is -4.42. The van der Waals surface area contributed by atoms with Crippen LogP contribution in [0.5, 0.6) is 5.75 Å². The SMILES string of the molecule is CCn1cc(S(=O)(=O)N2C[C@H](CCC(C)=O)Oc3ccc(CC(=O)OC(C)(C)C(F)(F)F)cc32)c(=O)[nH]1. The van der Waals surface area contributed by atoms with Crippen molar-refractivity contribution >= 4 is 27.5 Å². The molecule has 37 heavy (non-hydrogen) atoms. The Morgan fingerprint density at radius 3 is 2.49 bits per heavy atom. The lowest BCUT2D eigenvalue weighted by Gasteiger charge is -2.35. The van der Waals surface area contributed by atoms with Crippen LogP contribution in [0, 0.1) is 0 Å². The van der Waals surface area contributed by atoms with Gasteiger partial charge in [0.15, 0.2) is 4.90 Å². The molecule has 0 amide bonds. The van der Waals surface area contributed by atoms with E-state index in [1.54, 1.807) is 6.92 Å². The Bertz CT molecular complexity index is 1350. The number of carbonyl (C=O) groups excluding carboxylic acids is 2. The number of esters is 1. The van der Waals surface area contributed by atoms with Crippen LogP contribution in [0.1, 0.15) is 46.1 Å². The lowest BCUT2D eigenvalue weighted by Crippen LogP contribution is -2.44. The molecule has 0 fully saturated rings. The van der Waals surface area contributed by atoms with E-state index in [2.05, 4.69) is 9.84 Å². The van der Waals surface area contributed by atoms with Crippen LogP contribution in [-0.2, 0) is 37.3 Å². The molecule has 0 radical (unpaired) electrons. The van der Waals surface area contributed by atoms with E-state index >= 15 is 0 Å². The molecule has 0 saturated carbocycles. The van der Waals surface area contributed by atoms with Gasteiger partial charge in [-0.05, 0) is 51.8 Å². The molecule has 0 saturated heterocycles. The molecule has 2 heterocycles.